The summed E-state index contributed by atoms with van der Waals surface area (Å²) in [5.74, 6) is -0.748. The minimum Gasteiger partial charge on any atom is -0.362 e. The summed E-state index contributed by atoms with van der Waals surface area (Å²) in [6.07, 6.45) is 0. The maximum absolute atomic E-state index is 13.3. The Bertz CT molecular complexity index is 501. The summed E-state index contributed by atoms with van der Waals surface area (Å²) in [4.78, 5) is 0. The minimum absolute atomic E-state index is 0.227. The first kappa shape index (κ1) is 11.3. The Hall–Kier alpha value is -1.14. The van der Waals surface area contributed by atoms with Gasteiger partial charge in [0.1, 0.15) is 5.82 Å². The van der Waals surface area contributed by atoms with Crippen molar-refractivity contribution in [1.29, 1.82) is 0 Å². The first-order valence-electron chi connectivity index (χ1n) is 4.85. The molecule has 1 aromatic carbocycles. The molecule has 1 heterocycles. The molecule has 1 fully saturated rings. The summed E-state index contributed by atoms with van der Waals surface area (Å²) in [6, 6.07) is 4.40. The van der Waals surface area contributed by atoms with Crippen LogP contribution < -0.4 is 4.31 Å². The summed E-state index contributed by atoms with van der Waals surface area (Å²) in [6.45, 7) is 2.19. The Labute approximate surface area is 93.7 Å². The maximum Gasteiger partial charge on any atom is 0.259 e. The van der Waals surface area contributed by atoms with Gasteiger partial charge < -0.3 is 4.74 Å². The molecular weight excluding hydrogens is 233 g/mol. The second-order valence-electron chi connectivity index (χ2n) is 3.64. The highest BCUT2D eigenvalue weighted by Crippen LogP contribution is 2.23. The Kier molecular flexibility index (Phi) is 2.86. The average Bonchev–Trinajstić information content (AvgIpc) is 2.22. The van der Waals surface area contributed by atoms with Crippen molar-refractivity contribution in [1.82, 2.24) is 0 Å². The molecule has 1 aromatic rings. The molecule has 0 saturated carbocycles. The Balaban J connectivity index is 2.39. The molecule has 0 amide bonds. The van der Waals surface area contributed by atoms with E-state index in [1.54, 1.807) is 19.1 Å². The Morgan fingerprint density at radius 3 is 2.81 bits per heavy atom. The van der Waals surface area contributed by atoms with E-state index in [1.807, 2.05) is 0 Å². The lowest BCUT2D eigenvalue weighted by atomic mass is 10.2. The van der Waals surface area contributed by atoms with Gasteiger partial charge >= 0.3 is 0 Å². The maximum atomic E-state index is 13.3. The largest absolute Gasteiger partial charge is 0.362 e. The van der Waals surface area contributed by atoms with E-state index < -0.39 is 15.8 Å². The van der Waals surface area contributed by atoms with Gasteiger partial charge in [-0.2, -0.15) is 0 Å². The standard InChI is InChI=1S/C10H12FNO3S/c1-8-2-3-9(6-10(8)11)12-4-5-15-7-16(12,13)14/h2-3,6H,4-5,7H2,1H3. The van der Waals surface area contributed by atoms with Gasteiger partial charge in [0.25, 0.3) is 10.0 Å². The molecule has 0 radical (unpaired) electrons. The fourth-order valence-corrected chi connectivity index (χ4v) is 2.78. The van der Waals surface area contributed by atoms with Gasteiger partial charge in [0, 0.05) is 0 Å². The predicted octanol–water partition coefficient (Wildman–Crippen LogP) is 1.26. The molecule has 0 aromatic heterocycles. The zero-order valence-corrected chi connectivity index (χ0v) is 9.63. The van der Waals surface area contributed by atoms with Gasteiger partial charge in [-0.15, -0.1) is 0 Å². The van der Waals surface area contributed by atoms with Gasteiger partial charge in [-0.3, -0.25) is 4.31 Å². The van der Waals surface area contributed by atoms with Crippen LogP contribution in [0, 0.1) is 12.7 Å². The number of benzene rings is 1. The number of halogens is 1. The van der Waals surface area contributed by atoms with Crippen molar-refractivity contribution < 1.29 is 17.5 Å². The summed E-state index contributed by atoms with van der Waals surface area (Å²) in [7, 11) is -3.46. The first-order valence-corrected chi connectivity index (χ1v) is 6.46. The van der Waals surface area contributed by atoms with Crippen LogP contribution in [0.2, 0.25) is 0 Å². The third-order valence-electron chi connectivity index (χ3n) is 2.45. The minimum atomic E-state index is -3.46. The zero-order valence-electron chi connectivity index (χ0n) is 8.81. The lowest BCUT2D eigenvalue weighted by Gasteiger charge is -2.28. The third kappa shape index (κ3) is 2.03. The number of hydrogen-bond acceptors (Lipinski definition) is 3. The molecule has 16 heavy (non-hydrogen) atoms. The van der Waals surface area contributed by atoms with Gasteiger partial charge in [0.2, 0.25) is 0 Å². The van der Waals surface area contributed by atoms with Gasteiger partial charge in [-0.25, -0.2) is 12.8 Å². The molecule has 0 aliphatic carbocycles. The van der Waals surface area contributed by atoms with Crippen molar-refractivity contribution in [2.75, 3.05) is 23.4 Å². The number of hydrogen-bond donors (Lipinski definition) is 0. The van der Waals surface area contributed by atoms with Crippen LogP contribution >= 0.6 is 0 Å². The van der Waals surface area contributed by atoms with Crippen molar-refractivity contribution in [2.24, 2.45) is 0 Å². The fourth-order valence-electron chi connectivity index (χ4n) is 1.54. The normalized spacial score (nSPS) is 19.8. The highest BCUT2D eigenvalue weighted by Gasteiger charge is 2.26. The first-order chi connectivity index (χ1) is 7.50. The molecule has 6 heteroatoms. The summed E-state index contributed by atoms with van der Waals surface area (Å²) < 4.78 is 42.7. The third-order valence-corrected chi connectivity index (χ3v) is 3.98. The summed E-state index contributed by atoms with van der Waals surface area (Å²) >= 11 is 0. The van der Waals surface area contributed by atoms with E-state index in [2.05, 4.69) is 0 Å². The predicted molar refractivity (Wildman–Crippen MR) is 58.2 cm³/mol. The molecular formula is C10H12FNO3S. The number of aryl methyl sites for hydroxylation is 1. The van der Waals surface area contributed by atoms with E-state index in [9.17, 15) is 12.8 Å². The van der Waals surface area contributed by atoms with Crippen molar-refractivity contribution in [3.63, 3.8) is 0 Å². The molecule has 1 aliphatic heterocycles. The van der Waals surface area contributed by atoms with Gasteiger partial charge in [-0.05, 0) is 24.6 Å². The molecule has 0 spiro atoms. The molecule has 4 nitrogen and oxygen atoms in total. The van der Waals surface area contributed by atoms with Crippen LogP contribution in [0.25, 0.3) is 0 Å². The summed E-state index contributed by atoms with van der Waals surface area (Å²) in [5, 5.41) is 0. The van der Waals surface area contributed by atoms with E-state index in [4.69, 9.17) is 4.74 Å². The number of nitrogens with zero attached hydrogens (tertiary/aromatic N) is 1. The molecule has 0 atom stereocenters. The fraction of sp³-hybridized carbons (Fsp3) is 0.400. The highest BCUT2D eigenvalue weighted by atomic mass is 32.2. The molecule has 1 aliphatic rings. The lowest BCUT2D eigenvalue weighted by Crippen LogP contribution is -2.41. The molecule has 0 unspecified atom stereocenters. The molecule has 0 bridgehead atoms. The Morgan fingerprint density at radius 1 is 1.44 bits per heavy atom. The second kappa shape index (κ2) is 4.03. The molecule has 88 valence electrons. The van der Waals surface area contributed by atoms with Crippen molar-refractivity contribution >= 4 is 15.7 Å². The van der Waals surface area contributed by atoms with Crippen molar-refractivity contribution in [3.8, 4) is 0 Å². The topological polar surface area (TPSA) is 46.6 Å². The van der Waals surface area contributed by atoms with Crippen LogP contribution in [-0.4, -0.2) is 27.5 Å². The van der Waals surface area contributed by atoms with Crippen molar-refractivity contribution in [2.45, 2.75) is 6.92 Å². The van der Waals surface area contributed by atoms with E-state index in [0.717, 1.165) is 0 Å². The van der Waals surface area contributed by atoms with Crippen molar-refractivity contribution in [3.05, 3.63) is 29.6 Å². The van der Waals surface area contributed by atoms with Crippen LogP contribution in [0.5, 0.6) is 0 Å². The van der Waals surface area contributed by atoms with Crippen LogP contribution in [0.15, 0.2) is 18.2 Å². The number of rotatable bonds is 1. The smallest absolute Gasteiger partial charge is 0.259 e. The van der Waals surface area contributed by atoms with Crippen LogP contribution in [0.1, 0.15) is 5.56 Å². The van der Waals surface area contributed by atoms with E-state index in [-0.39, 0.29) is 12.5 Å². The van der Waals surface area contributed by atoms with Crippen LogP contribution in [-0.2, 0) is 14.8 Å². The molecule has 0 N–H and O–H groups in total. The summed E-state index contributed by atoms with van der Waals surface area (Å²) in [5.41, 5.74) is 0.848. The SMILES string of the molecule is Cc1ccc(N2CCOCS2(=O)=O)cc1F. The monoisotopic (exact) mass is 245 g/mol. The van der Waals surface area contributed by atoms with Crippen LogP contribution in [0.3, 0.4) is 0 Å². The number of sulfonamides is 1. The van der Waals surface area contributed by atoms with Gasteiger partial charge in [0.05, 0.1) is 18.8 Å². The number of ether oxygens (including phenoxy) is 1. The van der Waals surface area contributed by atoms with Crippen LogP contribution in [0.4, 0.5) is 10.1 Å². The van der Waals surface area contributed by atoms with E-state index in [1.165, 1.54) is 10.4 Å². The zero-order chi connectivity index (χ0) is 11.8. The van der Waals surface area contributed by atoms with E-state index >= 15 is 0 Å². The van der Waals surface area contributed by atoms with E-state index in [0.29, 0.717) is 17.9 Å². The quantitative estimate of drug-likeness (QED) is 0.748. The number of anilines is 1. The lowest BCUT2D eigenvalue weighted by molar-refractivity contribution is 0.175. The molecule has 2 rings (SSSR count). The second-order valence-corrected chi connectivity index (χ2v) is 5.48. The highest BCUT2D eigenvalue weighted by molar-refractivity contribution is 7.92. The van der Waals surface area contributed by atoms with Gasteiger partial charge in [-0.1, -0.05) is 6.07 Å². The Morgan fingerprint density at radius 2 is 2.19 bits per heavy atom. The van der Waals surface area contributed by atoms with Gasteiger partial charge in [0.15, 0.2) is 5.94 Å². The average molecular weight is 245 g/mol. The molecule has 1 saturated heterocycles.